The SMILES string of the molecule is c1ccc(-n2nnnc2NCC2CN3CCN2CC3)cc1. The maximum atomic E-state index is 4.10. The molecule has 110 valence electrons. The van der Waals surface area contributed by atoms with Crippen LogP contribution in [0.1, 0.15) is 0 Å². The van der Waals surface area contributed by atoms with Crippen LogP contribution in [0.4, 0.5) is 5.95 Å². The first kappa shape index (κ1) is 12.7. The largest absolute Gasteiger partial charge is 0.351 e. The van der Waals surface area contributed by atoms with Crippen LogP contribution >= 0.6 is 0 Å². The summed E-state index contributed by atoms with van der Waals surface area (Å²) in [5.41, 5.74) is 0.972. The van der Waals surface area contributed by atoms with Crippen molar-refractivity contribution in [3.05, 3.63) is 30.3 Å². The summed E-state index contributed by atoms with van der Waals surface area (Å²) in [7, 11) is 0. The van der Waals surface area contributed by atoms with Crippen LogP contribution in [0.5, 0.6) is 0 Å². The normalized spacial score (nSPS) is 27.7. The smallest absolute Gasteiger partial charge is 0.247 e. The molecule has 7 heteroatoms. The van der Waals surface area contributed by atoms with Gasteiger partial charge in [0, 0.05) is 45.3 Å². The van der Waals surface area contributed by atoms with Crippen molar-refractivity contribution in [1.82, 2.24) is 30.0 Å². The molecule has 0 aliphatic carbocycles. The maximum absolute atomic E-state index is 4.10. The third-order valence-electron chi connectivity index (χ3n) is 4.36. The van der Waals surface area contributed by atoms with E-state index in [1.54, 1.807) is 4.68 Å². The van der Waals surface area contributed by atoms with Crippen molar-refractivity contribution in [2.24, 2.45) is 0 Å². The van der Waals surface area contributed by atoms with Gasteiger partial charge in [-0.2, -0.15) is 4.68 Å². The predicted molar refractivity (Wildman–Crippen MR) is 79.4 cm³/mol. The topological polar surface area (TPSA) is 62.1 Å². The van der Waals surface area contributed by atoms with Crippen molar-refractivity contribution in [2.45, 2.75) is 6.04 Å². The van der Waals surface area contributed by atoms with E-state index in [1.165, 1.54) is 26.2 Å². The molecule has 1 aromatic carbocycles. The Hall–Kier alpha value is -1.99. The summed E-state index contributed by atoms with van der Waals surface area (Å²) in [6.45, 7) is 6.78. The lowest BCUT2D eigenvalue weighted by molar-refractivity contribution is 0.0189. The van der Waals surface area contributed by atoms with E-state index in [0.717, 1.165) is 18.8 Å². The van der Waals surface area contributed by atoms with Crippen molar-refractivity contribution >= 4 is 5.95 Å². The summed E-state index contributed by atoms with van der Waals surface area (Å²) in [5.74, 6) is 0.707. The maximum Gasteiger partial charge on any atom is 0.247 e. The highest BCUT2D eigenvalue weighted by Gasteiger charge is 2.31. The Labute approximate surface area is 123 Å². The van der Waals surface area contributed by atoms with Gasteiger partial charge < -0.3 is 5.32 Å². The summed E-state index contributed by atoms with van der Waals surface area (Å²) in [6, 6.07) is 10.5. The van der Waals surface area contributed by atoms with Gasteiger partial charge in [-0.1, -0.05) is 23.3 Å². The quantitative estimate of drug-likeness (QED) is 0.858. The molecular formula is C14H19N7. The number of rotatable bonds is 4. The lowest BCUT2D eigenvalue weighted by atomic mass is 10.1. The minimum Gasteiger partial charge on any atom is -0.351 e. The van der Waals surface area contributed by atoms with Gasteiger partial charge in [-0.15, -0.1) is 0 Å². The Morgan fingerprint density at radius 2 is 1.90 bits per heavy atom. The molecule has 2 bridgehead atoms. The highest BCUT2D eigenvalue weighted by atomic mass is 15.6. The number of para-hydroxylation sites is 1. The molecule has 0 radical (unpaired) electrons. The minimum atomic E-state index is 0.549. The number of aromatic nitrogens is 4. The average Bonchev–Trinajstić information content (AvgIpc) is 3.03. The Morgan fingerprint density at radius 1 is 1.10 bits per heavy atom. The van der Waals surface area contributed by atoms with Gasteiger partial charge in [0.1, 0.15) is 0 Å². The van der Waals surface area contributed by atoms with E-state index < -0.39 is 0 Å². The molecule has 1 aromatic heterocycles. The van der Waals surface area contributed by atoms with Crippen LogP contribution in [-0.2, 0) is 0 Å². The number of nitrogens with one attached hydrogen (secondary N) is 1. The summed E-state index contributed by atoms with van der Waals surface area (Å²) < 4.78 is 1.75. The van der Waals surface area contributed by atoms with Crippen molar-refractivity contribution in [3.63, 3.8) is 0 Å². The molecule has 3 saturated heterocycles. The number of tetrazole rings is 1. The van der Waals surface area contributed by atoms with Crippen LogP contribution < -0.4 is 5.32 Å². The van der Waals surface area contributed by atoms with E-state index in [4.69, 9.17) is 0 Å². The van der Waals surface area contributed by atoms with Gasteiger partial charge in [0.05, 0.1) is 5.69 Å². The average molecular weight is 285 g/mol. The highest BCUT2D eigenvalue weighted by molar-refractivity contribution is 5.38. The molecule has 21 heavy (non-hydrogen) atoms. The molecule has 1 N–H and O–H groups in total. The lowest BCUT2D eigenvalue weighted by Gasteiger charge is -2.47. The zero-order valence-corrected chi connectivity index (χ0v) is 11.9. The summed E-state index contributed by atoms with van der Waals surface area (Å²) >= 11 is 0. The highest BCUT2D eigenvalue weighted by Crippen LogP contribution is 2.16. The van der Waals surface area contributed by atoms with Gasteiger partial charge in [-0.3, -0.25) is 9.80 Å². The Bertz CT molecular complexity index is 588. The molecular weight excluding hydrogens is 266 g/mol. The molecule has 5 rings (SSSR count). The zero-order valence-electron chi connectivity index (χ0n) is 11.9. The molecule has 3 aliphatic rings. The van der Waals surface area contributed by atoms with E-state index in [1.807, 2.05) is 30.3 Å². The van der Waals surface area contributed by atoms with Gasteiger partial charge in [0.15, 0.2) is 0 Å². The Morgan fingerprint density at radius 3 is 2.62 bits per heavy atom. The van der Waals surface area contributed by atoms with Gasteiger partial charge >= 0.3 is 0 Å². The first-order valence-corrected chi connectivity index (χ1v) is 7.44. The molecule has 2 aromatic rings. The van der Waals surface area contributed by atoms with Crippen molar-refractivity contribution in [2.75, 3.05) is 44.6 Å². The predicted octanol–water partition coefficient (Wildman–Crippen LogP) is 0.0740. The third-order valence-corrected chi connectivity index (χ3v) is 4.36. The number of hydrogen-bond acceptors (Lipinski definition) is 6. The van der Waals surface area contributed by atoms with E-state index in [0.29, 0.717) is 12.0 Å². The second-order valence-electron chi connectivity index (χ2n) is 5.62. The minimum absolute atomic E-state index is 0.549. The zero-order chi connectivity index (χ0) is 14.1. The van der Waals surface area contributed by atoms with Gasteiger partial charge in [-0.25, -0.2) is 0 Å². The third kappa shape index (κ3) is 2.50. The second-order valence-corrected chi connectivity index (χ2v) is 5.62. The molecule has 0 amide bonds. The number of hydrogen-bond donors (Lipinski definition) is 1. The van der Waals surface area contributed by atoms with Crippen LogP contribution in [0.15, 0.2) is 30.3 Å². The first-order valence-electron chi connectivity index (χ1n) is 7.44. The second kappa shape index (κ2) is 5.42. The van der Waals surface area contributed by atoms with E-state index >= 15 is 0 Å². The lowest BCUT2D eigenvalue weighted by Crippen LogP contribution is -2.62. The van der Waals surface area contributed by atoms with E-state index in [2.05, 4.69) is 30.6 Å². The molecule has 3 fully saturated rings. The van der Waals surface area contributed by atoms with Gasteiger partial charge in [-0.05, 0) is 22.6 Å². The number of nitrogens with zero attached hydrogens (tertiary/aromatic N) is 6. The van der Waals surface area contributed by atoms with Crippen LogP contribution in [0.25, 0.3) is 5.69 Å². The van der Waals surface area contributed by atoms with E-state index in [9.17, 15) is 0 Å². The standard InChI is InChI=1S/C14H19N7/c1-2-4-12(5-3-1)21-14(16-17-18-21)15-10-13-11-19-6-8-20(13)9-7-19/h1-5,13H,6-11H2,(H,15,16,18). The van der Waals surface area contributed by atoms with Crippen LogP contribution in [0.2, 0.25) is 0 Å². The van der Waals surface area contributed by atoms with Crippen molar-refractivity contribution < 1.29 is 0 Å². The van der Waals surface area contributed by atoms with Crippen LogP contribution in [0.3, 0.4) is 0 Å². The van der Waals surface area contributed by atoms with Crippen LogP contribution in [-0.4, -0.2) is 75.3 Å². The van der Waals surface area contributed by atoms with Crippen LogP contribution in [0, 0.1) is 0 Å². The monoisotopic (exact) mass is 285 g/mol. The summed E-state index contributed by atoms with van der Waals surface area (Å²) in [4.78, 5) is 5.09. The summed E-state index contributed by atoms with van der Waals surface area (Å²) in [5, 5.41) is 15.4. The van der Waals surface area contributed by atoms with Gasteiger partial charge in [0.25, 0.3) is 0 Å². The number of piperazine rings is 3. The summed E-state index contributed by atoms with van der Waals surface area (Å²) in [6.07, 6.45) is 0. The molecule has 4 heterocycles. The van der Waals surface area contributed by atoms with Gasteiger partial charge in [0.2, 0.25) is 5.95 Å². The fraction of sp³-hybridized carbons (Fsp3) is 0.500. The molecule has 0 saturated carbocycles. The van der Waals surface area contributed by atoms with E-state index in [-0.39, 0.29) is 0 Å². The fourth-order valence-corrected chi connectivity index (χ4v) is 3.17. The molecule has 3 aliphatic heterocycles. The number of benzene rings is 1. The van der Waals surface area contributed by atoms with Crippen molar-refractivity contribution in [3.8, 4) is 5.69 Å². The molecule has 0 spiro atoms. The first-order chi connectivity index (χ1) is 10.4. The molecule has 1 unspecified atom stereocenters. The number of anilines is 1. The Kier molecular flexibility index (Phi) is 3.28. The Balaban J connectivity index is 1.45. The molecule has 7 nitrogen and oxygen atoms in total. The van der Waals surface area contributed by atoms with Crippen molar-refractivity contribution in [1.29, 1.82) is 0 Å². The molecule has 1 atom stereocenters. The fourth-order valence-electron chi connectivity index (χ4n) is 3.17. The number of fused-ring (bicyclic) bond motifs is 3.